The Labute approximate surface area is 218 Å². The number of ether oxygens (including phenoxy) is 1. The van der Waals surface area contributed by atoms with Crippen molar-refractivity contribution in [2.24, 2.45) is 0 Å². The third-order valence-corrected chi connectivity index (χ3v) is 7.92. The van der Waals surface area contributed by atoms with Crippen LogP contribution in [0.3, 0.4) is 0 Å². The number of imidazole rings is 1. The van der Waals surface area contributed by atoms with Crippen molar-refractivity contribution in [1.82, 2.24) is 24.3 Å². The van der Waals surface area contributed by atoms with Gasteiger partial charge in [-0.3, -0.25) is 9.38 Å². The van der Waals surface area contributed by atoms with Gasteiger partial charge < -0.3 is 19.4 Å². The SMILES string of the molecule is Cc1nc(N2C[C@H](C)O[C@@H](C)C2)n2c1cnc1ccc(-c3ccc(N4CCC(N(C)C)CC4)nc3)cc12. The number of anilines is 2. The molecule has 4 aromatic rings. The van der Waals surface area contributed by atoms with Crippen molar-refractivity contribution in [3.05, 3.63) is 48.4 Å². The topological polar surface area (TPSA) is 62.0 Å². The van der Waals surface area contributed by atoms with Crippen LogP contribution >= 0.6 is 0 Å². The number of benzene rings is 1. The summed E-state index contributed by atoms with van der Waals surface area (Å²) in [5, 5.41) is 0. The van der Waals surface area contributed by atoms with Crippen LogP contribution in [0, 0.1) is 6.92 Å². The second-order valence-corrected chi connectivity index (χ2v) is 10.9. The first-order valence-electron chi connectivity index (χ1n) is 13.4. The highest BCUT2D eigenvalue weighted by Gasteiger charge is 2.27. The molecule has 8 heteroatoms. The Morgan fingerprint density at radius 1 is 0.865 bits per heavy atom. The van der Waals surface area contributed by atoms with E-state index in [1.807, 2.05) is 12.4 Å². The second-order valence-electron chi connectivity index (χ2n) is 10.9. The van der Waals surface area contributed by atoms with Crippen LogP contribution in [0.4, 0.5) is 11.8 Å². The number of pyridine rings is 1. The number of hydrogen-bond acceptors (Lipinski definition) is 7. The summed E-state index contributed by atoms with van der Waals surface area (Å²) in [6, 6.07) is 11.5. The zero-order valence-corrected chi connectivity index (χ0v) is 22.6. The number of rotatable bonds is 4. The van der Waals surface area contributed by atoms with Gasteiger partial charge >= 0.3 is 0 Å². The maximum Gasteiger partial charge on any atom is 0.211 e. The fraction of sp³-hybridized carbons (Fsp3) is 0.483. The van der Waals surface area contributed by atoms with Crippen molar-refractivity contribution in [1.29, 1.82) is 0 Å². The maximum absolute atomic E-state index is 5.99. The number of piperidine rings is 1. The predicted octanol–water partition coefficient (Wildman–Crippen LogP) is 4.40. The minimum absolute atomic E-state index is 0.165. The monoisotopic (exact) mass is 499 g/mol. The Kier molecular flexibility index (Phi) is 6.24. The molecule has 37 heavy (non-hydrogen) atoms. The first kappa shape index (κ1) is 24.1. The summed E-state index contributed by atoms with van der Waals surface area (Å²) in [4.78, 5) is 21.7. The minimum atomic E-state index is 0.165. The lowest BCUT2D eigenvalue weighted by molar-refractivity contribution is -0.00573. The van der Waals surface area contributed by atoms with Gasteiger partial charge in [0.2, 0.25) is 5.95 Å². The van der Waals surface area contributed by atoms with Crippen LogP contribution in [0.2, 0.25) is 0 Å². The van der Waals surface area contributed by atoms with Gasteiger partial charge in [0.1, 0.15) is 5.82 Å². The van der Waals surface area contributed by atoms with Crippen molar-refractivity contribution in [3.63, 3.8) is 0 Å². The van der Waals surface area contributed by atoms with E-state index >= 15 is 0 Å². The first-order valence-corrected chi connectivity index (χ1v) is 13.4. The summed E-state index contributed by atoms with van der Waals surface area (Å²) < 4.78 is 8.25. The molecule has 0 aliphatic carbocycles. The molecule has 0 saturated carbocycles. The van der Waals surface area contributed by atoms with E-state index in [0.717, 1.165) is 71.3 Å². The number of morpholine rings is 1. The Balaban J connectivity index is 1.34. The van der Waals surface area contributed by atoms with E-state index in [0.29, 0.717) is 6.04 Å². The van der Waals surface area contributed by atoms with Gasteiger partial charge in [-0.2, -0.15) is 0 Å². The fourth-order valence-electron chi connectivity index (χ4n) is 5.95. The number of fused-ring (bicyclic) bond motifs is 3. The Bertz CT molecular complexity index is 1400. The fourth-order valence-corrected chi connectivity index (χ4v) is 5.95. The highest BCUT2D eigenvalue weighted by Crippen LogP contribution is 2.30. The van der Waals surface area contributed by atoms with E-state index in [-0.39, 0.29) is 12.2 Å². The van der Waals surface area contributed by atoms with Crippen molar-refractivity contribution in [2.75, 3.05) is 50.1 Å². The molecule has 0 spiro atoms. The lowest BCUT2D eigenvalue weighted by atomic mass is 10.0. The molecule has 0 N–H and O–H groups in total. The average molecular weight is 500 g/mol. The molecule has 0 radical (unpaired) electrons. The van der Waals surface area contributed by atoms with Crippen LogP contribution < -0.4 is 9.80 Å². The molecule has 2 fully saturated rings. The molecule has 6 rings (SSSR count). The molecule has 194 valence electrons. The zero-order chi connectivity index (χ0) is 25.7. The third-order valence-electron chi connectivity index (χ3n) is 7.92. The highest BCUT2D eigenvalue weighted by atomic mass is 16.5. The largest absolute Gasteiger partial charge is 0.372 e. The van der Waals surface area contributed by atoms with E-state index in [2.05, 4.69) is 84.3 Å². The van der Waals surface area contributed by atoms with Crippen LogP contribution in [-0.4, -0.2) is 82.8 Å². The Morgan fingerprint density at radius 3 is 2.27 bits per heavy atom. The van der Waals surface area contributed by atoms with Gasteiger partial charge in [-0.05, 0) is 77.5 Å². The Hall–Kier alpha value is -3.23. The van der Waals surface area contributed by atoms with Crippen molar-refractivity contribution in [2.45, 2.75) is 51.9 Å². The molecule has 0 amide bonds. The molecule has 8 nitrogen and oxygen atoms in total. The van der Waals surface area contributed by atoms with E-state index in [9.17, 15) is 0 Å². The van der Waals surface area contributed by atoms with Gasteiger partial charge in [0.15, 0.2) is 0 Å². The van der Waals surface area contributed by atoms with E-state index < -0.39 is 0 Å². The van der Waals surface area contributed by atoms with E-state index in [1.54, 1.807) is 0 Å². The van der Waals surface area contributed by atoms with Crippen molar-refractivity contribution >= 4 is 28.3 Å². The smallest absolute Gasteiger partial charge is 0.211 e. The number of aryl methyl sites for hydroxylation is 1. The summed E-state index contributed by atoms with van der Waals surface area (Å²) in [7, 11) is 4.35. The lowest BCUT2D eigenvalue weighted by Crippen LogP contribution is -2.46. The summed E-state index contributed by atoms with van der Waals surface area (Å²) in [6.45, 7) is 10.1. The summed E-state index contributed by atoms with van der Waals surface area (Å²) in [5.41, 5.74) is 6.29. The van der Waals surface area contributed by atoms with Crippen LogP contribution in [0.5, 0.6) is 0 Å². The van der Waals surface area contributed by atoms with Gasteiger partial charge in [-0.25, -0.2) is 9.97 Å². The zero-order valence-electron chi connectivity index (χ0n) is 22.6. The molecule has 3 aromatic heterocycles. The molecule has 0 unspecified atom stereocenters. The quantitative estimate of drug-likeness (QED) is 0.413. The molecular formula is C29H37N7O. The predicted molar refractivity (Wildman–Crippen MR) is 150 cm³/mol. The molecule has 2 aliphatic heterocycles. The summed E-state index contributed by atoms with van der Waals surface area (Å²) in [6.07, 6.45) is 6.64. The third kappa shape index (κ3) is 4.53. The van der Waals surface area contributed by atoms with Crippen LogP contribution in [0.15, 0.2) is 42.7 Å². The van der Waals surface area contributed by atoms with Gasteiger partial charge in [0.05, 0.1) is 40.6 Å². The highest BCUT2D eigenvalue weighted by molar-refractivity contribution is 5.85. The number of nitrogens with zero attached hydrogens (tertiary/aromatic N) is 7. The second kappa shape index (κ2) is 9.58. The molecule has 2 atom stereocenters. The first-order chi connectivity index (χ1) is 17.9. The van der Waals surface area contributed by atoms with E-state index in [1.165, 1.54) is 12.8 Å². The normalized spacial score (nSPS) is 21.5. The number of hydrogen-bond donors (Lipinski definition) is 0. The molecule has 2 saturated heterocycles. The molecular weight excluding hydrogens is 462 g/mol. The van der Waals surface area contributed by atoms with Crippen LogP contribution in [0.1, 0.15) is 32.4 Å². The van der Waals surface area contributed by atoms with Crippen molar-refractivity contribution in [3.8, 4) is 11.1 Å². The molecule has 1 aromatic carbocycles. The van der Waals surface area contributed by atoms with Crippen LogP contribution in [0.25, 0.3) is 27.7 Å². The summed E-state index contributed by atoms with van der Waals surface area (Å²) >= 11 is 0. The van der Waals surface area contributed by atoms with Gasteiger partial charge in [-0.1, -0.05) is 6.07 Å². The van der Waals surface area contributed by atoms with Crippen LogP contribution in [-0.2, 0) is 4.74 Å². The minimum Gasteiger partial charge on any atom is -0.372 e. The maximum atomic E-state index is 5.99. The Morgan fingerprint density at radius 2 is 1.59 bits per heavy atom. The van der Waals surface area contributed by atoms with Gasteiger partial charge in [-0.15, -0.1) is 0 Å². The summed E-state index contributed by atoms with van der Waals surface area (Å²) in [5.74, 6) is 2.03. The van der Waals surface area contributed by atoms with E-state index in [4.69, 9.17) is 19.7 Å². The lowest BCUT2D eigenvalue weighted by Gasteiger charge is -2.35. The standard InChI is InChI=1S/C29H37N7O/c1-19-17-35(18-20(2)37-19)29-32-21(3)27-16-30-25-8-6-22(14-26(25)36(27)29)23-7-9-28(31-15-23)34-12-10-24(11-13-34)33(4)5/h6-9,14-16,19-20,24H,10-13,17-18H2,1-5H3/t19-,20-/m0/s1. The molecule has 5 heterocycles. The molecule has 2 aliphatic rings. The van der Waals surface area contributed by atoms with Crippen molar-refractivity contribution < 1.29 is 4.74 Å². The van der Waals surface area contributed by atoms with Gasteiger partial charge in [0, 0.05) is 44.0 Å². The average Bonchev–Trinajstić information content (AvgIpc) is 3.25. The van der Waals surface area contributed by atoms with Gasteiger partial charge in [0.25, 0.3) is 0 Å². The number of aromatic nitrogens is 4. The molecule has 0 bridgehead atoms.